The fourth-order valence-electron chi connectivity index (χ4n) is 4.99. The molecule has 2 heteroatoms. The minimum Gasteiger partial charge on any atom is -0.496 e. The largest absolute Gasteiger partial charge is 0.496 e. The molecule has 0 saturated carbocycles. The van der Waals surface area contributed by atoms with Gasteiger partial charge in [-0.1, -0.05) is 84.9 Å². The molecule has 0 spiro atoms. The zero-order valence-corrected chi connectivity index (χ0v) is 18.1. The van der Waals surface area contributed by atoms with E-state index in [0.717, 1.165) is 33.4 Å². The highest BCUT2D eigenvalue weighted by Crippen LogP contribution is 2.47. The average molecular weight is 415 g/mol. The second kappa shape index (κ2) is 7.28. The lowest BCUT2D eigenvalue weighted by Gasteiger charge is -2.19. The maximum Gasteiger partial charge on any atom is 0.127 e. The van der Waals surface area contributed by atoms with Crippen molar-refractivity contribution in [1.82, 2.24) is 0 Å². The fraction of sp³-hybridized carbons (Fsp3) is 0.0667. The van der Waals surface area contributed by atoms with E-state index in [9.17, 15) is 0 Å². The topological polar surface area (TPSA) is 18.5 Å². The van der Waals surface area contributed by atoms with Crippen molar-refractivity contribution < 1.29 is 9.47 Å². The predicted octanol–water partition coefficient (Wildman–Crippen LogP) is 7.98. The van der Waals surface area contributed by atoms with Crippen molar-refractivity contribution in [3.05, 3.63) is 97.1 Å². The zero-order chi connectivity index (χ0) is 21.7. The fourth-order valence-corrected chi connectivity index (χ4v) is 4.99. The van der Waals surface area contributed by atoms with E-state index >= 15 is 0 Å². The van der Waals surface area contributed by atoms with Gasteiger partial charge in [-0.05, 0) is 55.2 Å². The minimum atomic E-state index is 0.840. The van der Waals surface area contributed by atoms with Crippen LogP contribution in [-0.2, 0) is 0 Å². The molecule has 0 aliphatic carbocycles. The average Bonchev–Trinajstić information content (AvgIpc) is 2.87. The molecule has 0 radical (unpaired) electrons. The Hall–Kier alpha value is -4.04. The summed E-state index contributed by atoms with van der Waals surface area (Å²) in [5, 5.41) is 9.65. The highest BCUT2D eigenvalue weighted by atomic mass is 16.5. The first kappa shape index (κ1) is 18.7. The van der Waals surface area contributed by atoms with Gasteiger partial charge >= 0.3 is 0 Å². The van der Waals surface area contributed by atoms with Crippen LogP contribution in [0.1, 0.15) is 0 Å². The summed E-state index contributed by atoms with van der Waals surface area (Å²) in [7, 11) is 3.47. The molecule has 0 aliphatic heterocycles. The van der Waals surface area contributed by atoms with Gasteiger partial charge in [-0.25, -0.2) is 0 Å². The monoisotopic (exact) mass is 414 g/mol. The van der Waals surface area contributed by atoms with E-state index in [1.165, 1.54) is 32.3 Å². The molecule has 0 bridgehead atoms. The summed E-state index contributed by atoms with van der Waals surface area (Å²) in [5.74, 6) is 1.68. The van der Waals surface area contributed by atoms with E-state index in [1.807, 2.05) is 0 Å². The summed E-state index contributed by atoms with van der Waals surface area (Å²) in [5.41, 5.74) is 2.13. The van der Waals surface area contributed by atoms with Gasteiger partial charge in [0.05, 0.1) is 14.2 Å². The maximum absolute atomic E-state index is 5.90. The Kier molecular flexibility index (Phi) is 4.26. The van der Waals surface area contributed by atoms with Crippen molar-refractivity contribution in [2.24, 2.45) is 0 Å². The Morgan fingerprint density at radius 3 is 1.22 bits per heavy atom. The molecule has 32 heavy (non-hydrogen) atoms. The van der Waals surface area contributed by atoms with E-state index < -0.39 is 0 Å². The lowest BCUT2D eigenvalue weighted by molar-refractivity contribution is 0.411. The first-order chi connectivity index (χ1) is 15.8. The first-order valence-electron chi connectivity index (χ1n) is 10.8. The van der Waals surface area contributed by atoms with Gasteiger partial charge in [0, 0.05) is 11.1 Å². The SMILES string of the molecule is COc1ccc2c(ccc3ccccc32)c1-c1c(OC)ccc2c1ccc1ccccc12. The van der Waals surface area contributed by atoms with Crippen LogP contribution in [0.25, 0.3) is 54.2 Å². The Balaban J connectivity index is 1.81. The van der Waals surface area contributed by atoms with Gasteiger partial charge in [-0.15, -0.1) is 0 Å². The van der Waals surface area contributed by atoms with Crippen LogP contribution in [0.2, 0.25) is 0 Å². The van der Waals surface area contributed by atoms with Crippen molar-refractivity contribution in [2.75, 3.05) is 14.2 Å². The quantitative estimate of drug-likeness (QED) is 0.273. The molecule has 6 aromatic carbocycles. The van der Waals surface area contributed by atoms with Crippen molar-refractivity contribution in [2.45, 2.75) is 0 Å². The molecule has 6 aromatic rings. The Bertz CT molecular complexity index is 1520. The normalized spacial score (nSPS) is 11.4. The Morgan fingerprint density at radius 1 is 0.375 bits per heavy atom. The lowest BCUT2D eigenvalue weighted by atomic mass is 9.89. The second-order valence-electron chi connectivity index (χ2n) is 8.05. The Morgan fingerprint density at radius 2 is 0.781 bits per heavy atom. The standard InChI is InChI=1S/C30H22O2/c1-31-27-17-15-23-21-9-5-3-7-19(21)11-13-25(23)29(27)30-26-14-12-20-8-4-6-10-22(20)24(26)16-18-28(30)32-2/h3-18H,1-2H3. The molecule has 0 atom stereocenters. The van der Waals surface area contributed by atoms with Gasteiger partial charge in [0.15, 0.2) is 0 Å². The molecular weight excluding hydrogens is 392 g/mol. The van der Waals surface area contributed by atoms with Crippen LogP contribution in [-0.4, -0.2) is 14.2 Å². The molecule has 0 aliphatic rings. The maximum atomic E-state index is 5.90. The molecule has 6 rings (SSSR count). The number of hydrogen-bond donors (Lipinski definition) is 0. The van der Waals surface area contributed by atoms with Crippen molar-refractivity contribution in [3.63, 3.8) is 0 Å². The van der Waals surface area contributed by atoms with Crippen molar-refractivity contribution >= 4 is 43.1 Å². The number of benzene rings is 6. The van der Waals surface area contributed by atoms with E-state index in [-0.39, 0.29) is 0 Å². The molecule has 0 amide bonds. The molecule has 0 N–H and O–H groups in total. The molecule has 0 heterocycles. The van der Waals surface area contributed by atoms with Gasteiger partial charge in [0.1, 0.15) is 11.5 Å². The number of rotatable bonds is 3. The summed E-state index contributed by atoms with van der Waals surface area (Å²) in [6.07, 6.45) is 0. The summed E-state index contributed by atoms with van der Waals surface area (Å²) in [4.78, 5) is 0. The summed E-state index contributed by atoms with van der Waals surface area (Å²) in [6, 6.07) is 34.3. The predicted molar refractivity (Wildman–Crippen MR) is 135 cm³/mol. The lowest BCUT2D eigenvalue weighted by Crippen LogP contribution is -1.95. The number of hydrogen-bond acceptors (Lipinski definition) is 2. The summed E-state index contributed by atoms with van der Waals surface area (Å²) in [6.45, 7) is 0. The third-order valence-corrected chi connectivity index (χ3v) is 6.47. The van der Waals surface area contributed by atoms with Gasteiger partial charge < -0.3 is 9.47 Å². The smallest absolute Gasteiger partial charge is 0.127 e. The van der Waals surface area contributed by atoms with Crippen molar-refractivity contribution in [3.8, 4) is 22.6 Å². The van der Waals surface area contributed by atoms with Crippen LogP contribution in [0.15, 0.2) is 97.1 Å². The minimum absolute atomic E-state index is 0.840. The third kappa shape index (κ3) is 2.66. The molecule has 154 valence electrons. The summed E-state index contributed by atoms with van der Waals surface area (Å²) < 4.78 is 11.8. The van der Waals surface area contributed by atoms with Crippen LogP contribution in [0.4, 0.5) is 0 Å². The van der Waals surface area contributed by atoms with E-state index in [2.05, 4.69) is 97.1 Å². The van der Waals surface area contributed by atoms with Crippen LogP contribution in [0, 0.1) is 0 Å². The van der Waals surface area contributed by atoms with Gasteiger partial charge in [-0.2, -0.15) is 0 Å². The molecule has 0 aromatic heterocycles. The van der Waals surface area contributed by atoms with Gasteiger partial charge in [0.2, 0.25) is 0 Å². The number of methoxy groups -OCH3 is 2. The number of fused-ring (bicyclic) bond motifs is 6. The van der Waals surface area contributed by atoms with Crippen LogP contribution in [0.3, 0.4) is 0 Å². The highest BCUT2D eigenvalue weighted by molar-refractivity contribution is 6.19. The molecule has 0 saturated heterocycles. The first-order valence-corrected chi connectivity index (χ1v) is 10.8. The molecular formula is C30H22O2. The third-order valence-electron chi connectivity index (χ3n) is 6.47. The summed E-state index contributed by atoms with van der Waals surface area (Å²) >= 11 is 0. The zero-order valence-electron chi connectivity index (χ0n) is 18.1. The number of ether oxygens (including phenoxy) is 2. The molecule has 0 fully saturated rings. The van der Waals surface area contributed by atoms with E-state index in [4.69, 9.17) is 9.47 Å². The highest BCUT2D eigenvalue weighted by Gasteiger charge is 2.19. The van der Waals surface area contributed by atoms with Gasteiger partial charge in [0.25, 0.3) is 0 Å². The molecule has 2 nitrogen and oxygen atoms in total. The van der Waals surface area contributed by atoms with Crippen LogP contribution >= 0.6 is 0 Å². The van der Waals surface area contributed by atoms with E-state index in [0.29, 0.717) is 0 Å². The van der Waals surface area contributed by atoms with Crippen LogP contribution in [0.5, 0.6) is 11.5 Å². The van der Waals surface area contributed by atoms with Crippen LogP contribution < -0.4 is 9.47 Å². The Labute approximate surface area is 186 Å². The molecule has 0 unspecified atom stereocenters. The van der Waals surface area contributed by atoms with Crippen molar-refractivity contribution in [1.29, 1.82) is 0 Å². The second-order valence-corrected chi connectivity index (χ2v) is 8.05. The van der Waals surface area contributed by atoms with E-state index in [1.54, 1.807) is 14.2 Å². The van der Waals surface area contributed by atoms with Gasteiger partial charge in [-0.3, -0.25) is 0 Å².